The zero-order chi connectivity index (χ0) is 13.2. The van der Waals surface area contributed by atoms with Gasteiger partial charge >= 0.3 is 113 Å². The van der Waals surface area contributed by atoms with Crippen LogP contribution in [-0.4, -0.2) is 6.92 Å². The molecule has 0 atom stereocenters. The van der Waals surface area contributed by atoms with Crippen LogP contribution < -0.4 is 5.22 Å². The van der Waals surface area contributed by atoms with Crippen LogP contribution in [-0.2, 0) is 0 Å². The number of benzene rings is 3. The summed E-state index contributed by atoms with van der Waals surface area (Å²) in [4.78, 5) is 0. The van der Waals surface area contributed by atoms with Crippen LogP contribution in [0.5, 0.6) is 0 Å². The van der Waals surface area contributed by atoms with E-state index in [1.807, 2.05) is 6.07 Å². The van der Waals surface area contributed by atoms with Gasteiger partial charge in [-0.3, -0.25) is 0 Å². The number of rotatable bonds is 0. The number of hydrogen-bond acceptors (Lipinski definition) is 0. The van der Waals surface area contributed by atoms with Gasteiger partial charge in [0.2, 0.25) is 0 Å². The Bertz CT molecular complexity index is 939. The molecule has 0 amide bonds. The van der Waals surface area contributed by atoms with Gasteiger partial charge < -0.3 is 0 Å². The molecule has 0 nitrogen and oxygen atoms in total. The minimum atomic E-state index is 1.07. The van der Waals surface area contributed by atoms with Crippen molar-refractivity contribution in [3.63, 3.8) is 0 Å². The van der Waals surface area contributed by atoms with Crippen molar-refractivity contribution < 1.29 is 0 Å². The Balaban J connectivity index is 2.71. The summed E-state index contributed by atoms with van der Waals surface area (Å²) in [7, 11) is 0. The molecule has 0 bridgehead atoms. The minimum absolute atomic E-state index is 1.07. The van der Waals surface area contributed by atoms with Gasteiger partial charge in [0.05, 0.1) is 0 Å². The van der Waals surface area contributed by atoms with Gasteiger partial charge in [0.15, 0.2) is 0 Å². The quantitative estimate of drug-likeness (QED) is 0.529. The molecule has 0 aliphatic heterocycles. The third-order valence-corrected chi connectivity index (χ3v) is 3.57. The Morgan fingerprint density at radius 1 is 0.789 bits per heavy atom. The van der Waals surface area contributed by atoms with Crippen molar-refractivity contribution in [2.24, 2.45) is 0 Å². The van der Waals surface area contributed by atoms with Gasteiger partial charge in [-0.15, -0.1) is 0 Å². The fourth-order valence-corrected chi connectivity index (χ4v) is 2.62. The molecule has 0 aromatic heterocycles. The van der Waals surface area contributed by atoms with Gasteiger partial charge in [0, 0.05) is 0 Å². The average Bonchev–Trinajstić information content (AvgIpc) is 2.46. The molecule has 0 spiro atoms. The SMILES string of the molecule is C=c1cccc/c1=c1\ccc2ccccc2c1=BC. The predicted molar refractivity (Wildman–Crippen MR) is 83.7 cm³/mol. The van der Waals surface area contributed by atoms with E-state index in [0.717, 1.165) is 5.22 Å². The van der Waals surface area contributed by atoms with Crippen molar-refractivity contribution in [1.82, 2.24) is 0 Å². The maximum absolute atomic E-state index is 4.14. The number of hydrogen-bond donors (Lipinski definition) is 0. The van der Waals surface area contributed by atoms with Crippen molar-refractivity contribution in [3.8, 4) is 0 Å². The molecule has 1 heteroatoms. The zero-order valence-electron chi connectivity index (χ0n) is 11.1. The second-order valence-corrected chi connectivity index (χ2v) is 4.69. The Kier molecular flexibility index (Phi) is 3.04. The Morgan fingerprint density at radius 2 is 1.53 bits per heavy atom. The summed E-state index contributed by atoms with van der Waals surface area (Å²) in [6, 6.07) is 21.2. The summed E-state index contributed by atoms with van der Waals surface area (Å²) < 4.78 is 0. The molecule has 3 aromatic rings. The van der Waals surface area contributed by atoms with Gasteiger partial charge in [0.1, 0.15) is 0 Å². The summed E-state index contributed by atoms with van der Waals surface area (Å²) in [5.41, 5.74) is 0. The summed E-state index contributed by atoms with van der Waals surface area (Å²) >= 11 is 0. The van der Waals surface area contributed by atoms with Gasteiger partial charge in [-0.25, -0.2) is 0 Å². The van der Waals surface area contributed by atoms with Crippen molar-refractivity contribution in [3.05, 3.63) is 81.4 Å². The van der Waals surface area contributed by atoms with Crippen LogP contribution in [0.2, 0.25) is 6.82 Å². The Labute approximate surface area is 113 Å². The molecule has 0 fully saturated rings. The Morgan fingerprint density at radius 3 is 2.32 bits per heavy atom. The van der Waals surface area contributed by atoms with E-state index in [2.05, 4.69) is 74.9 Å². The molecule has 0 heterocycles. The molecular formula is C18H15B. The molecule has 0 aliphatic carbocycles. The third kappa shape index (κ3) is 2.02. The molecule has 0 saturated heterocycles. The van der Waals surface area contributed by atoms with Gasteiger partial charge in [-0.05, 0) is 0 Å². The molecule has 90 valence electrons. The van der Waals surface area contributed by atoms with E-state index in [1.165, 1.54) is 26.3 Å². The second kappa shape index (κ2) is 4.85. The van der Waals surface area contributed by atoms with Crippen LogP contribution in [0.1, 0.15) is 0 Å². The molecule has 0 aliphatic rings. The molecule has 19 heavy (non-hydrogen) atoms. The summed E-state index contributed by atoms with van der Waals surface area (Å²) in [5, 5.41) is 7.40. The van der Waals surface area contributed by atoms with E-state index in [4.69, 9.17) is 0 Å². The van der Waals surface area contributed by atoms with E-state index in [0.29, 0.717) is 0 Å². The first kappa shape index (κ1) is 11.9. The average molecular weight is 242 g/mol. The first-order chi connectivity index (χ1) is 9.31. The van der Waals surface area contributed by atoms with Crippen molar-refractivity contribution in [2.45, 2.75) is 6.82 Å². The first-order valence-corrected chi connectivity index (χ1v) is 6.53. The normalized spacial score (nSPS) is 13.4. The molecule has 0 N–H and O–H groups in total. The van der Waals surface area contributed by atoms with E-state index >= 15 is 0 Å². The predicted octanol–water partition coefficient (Wildman–Crippen LogP) is 3.54. The molecule has 0 saturated carbocycles. The fourth-order valence-electron chi connectivity index (χ4n) is 2.62. The van der Waals surface area contributed by atoms with Gasteiger partial charge in [0.25, 0.3) is 0 Å². The van der Waals surface area contributed by atoms with Gasteiger partial charge in [-0.2, -0.15) is 0 Å². The van der Waals surface area contributed by atoms with E-state index in [9.17, 15) is 0 Å². The van der Waals surface area contributed by atoms with E-state index < -0.39 is 0 Å². The van der Waals surface area contributed by atoms with Crippen molar-refractivity contribution in [2.75, 3.05) is 0 Å². The monoisotopic (exact) mass is 242 g/mol. The molecule has 0 unspecified atom stereocenters. The van der Waals surface area contributed by atoms with E-state index in [-0.39, 0.29) is 0 Å². The van der Waals surface area contributed by atoms with Crippen LogP contribution in [0, 0.1) is 15.5 Å². The summed E-state index contributed by atoms with van der Waals surface area (Å²) in [5.74, 6) is 0. The number of fused-ring (bicyclic) bond motifs is 1. The zero-order valence-corrected chi connectivity index (χ0v) is 11.1. The molecule has 3 aromatic carbocycles. The summed E-state index contributed by atoms with van der Waals surface area (Å²) in [6.07, 6.45) is 0. The standard InChI is InChI=1S/C18H15B/c1-13-7-3-5-9-15(13)17-12-11-14-8-4-6-10-16(14)18(17)19-2/h3-12H,1H2,2H3/b17-15-. The fraction of sp³-hybridized carbons (Fsp3) is 0.0556. The molecule has 0 radical (unpaired) electrons. The molecular weight excluding hydrogens is 227 g/mol. The van der Waals surface area contributed by atoms with Crippen LogP contribution in [0.3, 0.4) is 0 Å². The topological polar surface area (TPSA) is 0 Å². The molecule has 3 rings (SSSR count). The van der Waals surface area contributed by atoms with Crippen LogP contribution in [0.25, 0.3) is 17.4 Å². The maximum atomic E-state index is 4.14. The van der Waals surface area contributed by atoms with Crippen molar-refractivity contribution in [1.29, 1.82) is 0 Å². The third-order valence-electron chi connectivity index (χ3n) is 3.57. The Hall–Kier alpha value is -2.15. The van der Waals surface area contributed by atoms with E-state index in [1.54, 1.807) is 0 Å². The van der Waals surface area contributed by atoms with Gasteiger partial charge in [-0.1, -0.05) is 0 Å². The van der Waals surface area contributed by atoms with Crippen molar-refractivity contribution >= 4 is 24.3 Å². The van der Waals surface area contributed by atoms with Crippen LogP contribution in [0.15, 0.2) is 60.7 Å². The summed E-state index contributed by atoms with van der Waals surface area (Å²) in [6.45, 7) is 8.42. The first-order valence-electron chi connectivity index (χ1n) is 6.53. The van der Waals surface area contributed by atoms with Crippen LogP contribution in [0.4, 0.5) is 0 Å². The van der Waals surface area contributed by atoms with Crippen LogP contribution >= 0.6 is 0 Å². The second-order valence-electron chi connectivity index (χ2n) is 4.69.